The van der Waals surface area contributed by atoms with Gasteiger partial charge < -0.3 is 15.2 Å². The van der Waals surface area contributed by atoms with Gasteiger partial charge in [-0.1, -0.05) is 30.9 Å². The molecule has 1 aliphatic heterocycles. The molecule has 0 bridgehead atoms. The fourth-order valence-corrected chi connectivity index (χ4v) is 2.42. The van der Waals surface area contributed by atoms with Crippen molar-refractivity contribution in [3.05, 3.63) is 64.6 Å². The van der Waals surface area contributed by atoms with Crippen LogP contribution in [-0.2, 0) is 0 Å². The number of hydrogen-bond donors (Lipinski definition) is 1. The van der Waals surface area contributed by atoms with Crippen LogP contribution in [0.25, 0.3) is 12.2 Å². The Morgan fingerprint density at radius 3 is 2.76 bits per heavy atom. The molecule has 21 heavy (non-hydrogen) atoms. The Labute approximate surface area is 123 Å². The van der Waals surface area contributed by atoms with Gasteiger partial charge in [-0.05, 0) is 52.8 Å². The average molecular weight is 279 g/mol. The minimum atomic E-state index is 0.274. The summed E-state index contributed by atoms with van der Waals surface area (Å²) in [5.74, 6) is 1.55. The van der Waals surface area contributed by atoms with Crippen LogP contribution in [0, 0.1) is 0 Å². The van der Waals surface area contributed by atoms with Crippen LogP contribution >= 0.6 is 0 Å². The largest absolute Gasteiger partial charge is 0.454 e. The molecule has 0 aliphatic carbocycles. The standard InChI is InChI=1S/C18H17NO2/c1-3-4-15(16-10-14(19)7-5-12(16)2)13-6-8-17-18(9-13)21-11-20-17/h3-10H,2,11,19H2,1H3/b4-3-,16-15+. The van der Waals surface area contributed by atoms with E-state index in [0.717, 1.165) is 38.8 Å². The monoisotopic (exact) mass is 279 g/mol. The molecule has 0 atom stereocenters. The highest BCUT2D eigenvalue weighted by molar-refractivity contribution is 5.76. The van der Waals surface area contributed by atoms with E-state index in [0.29, 0.717) is 0 Å². The van der Waals surface area contributed by atoms with E-state index < -0.39 is 0 Å². The van der Waals surface area contributed by atoms with Gasteiger partial charge in [-0.15, -0.1) is 0 Å². The predicted molar refractivity (Wildman–Crippen MR) is 85.5 cm³/mol. The van der Waals surface area contributed by atoms with Gasteiger partial charge >= 0.3 is 0 Å². The van der Waals surface area contributed by atoms with Crippen molar-refractivity contribution in [2.45, 2.75) is 6.92 Å². The number of anilines is 1. The summed E-state index contributed by atoms with van der Waals surface area (Å²) in [6.45, 7) is 6.36. The van der Waals surface area contributed by atoms with Crippen molar-refractivity contribution in [3.8, 4) is 11.5 Å². The Morgan fingerprint density at radius 2 is 1.95 bits per heavy atom. The molecule has 3 heteroatoms. The zero-order valence-electron chi connectivity index (χ0n) is 11.9. The predicted octanol–water partition coefficient (Wildman–Crippen LogP) is 2.18. The fraction of sp³-hybridized carbons (Fsp3) is 0.111. The van der Waals surface area contributed by atoms with Crippen LogP contribution in [-0.4, -0.2) is 6.79 Å². The molecule has 0 saturated carbocycles. The Morgan fingerprint density at radius 1 is 1.14 bits per heavy atom. The molecule has 3 rings (SSSR count). The third-order valence-corrected chi connectivity index (χ3v) is 3.44. The maximum absolute atomic E-state index is 5.92. The summed E-state index contributed by atoms with van der Waals surface area (Å²) < 4.78 is 10.8. The fourth-order valence-electron chi connectivity index (χ4n) is 2.42. The molecule has 0 spiro atoms. The lowest BCUT2D eigenvalue weighted by Crippen LogP contribution is -2.25. The Balaban J connectivity index is 2.28. The lowest BCUT2D eigenvalue weighted by molar-refractivity contribution is 0.174. The van der Waals surface area contributed by atoms with Crippen LogP contribution in [0.1, 0.15) is 12.5 Å². The summed E-state index contributed by atoms with van der Waals surface area (Å²) in [5.41, 5.74) is 8.75. The van der Waals surface area contributed by atoms with E-state index in [1.54, 1.807) is 0 Å². The first-order chi connectivity index (χ1) is 10.2. The summed E-state index contributed by atoms with van der Waals surface area (Å²) in [7, 11) is 0. The van der Waals surface area contributed by atoms with Gasteiger partial charge in [-0.2, -0.15) is 0 Å². The van der Waals surface area contributed by atoms with Gasteiger partial charge in [0, 0.05) is 5.69 Å². The highest BCUT2D eigenvalue weighted by Crippen LogP contribution is 2.34. The summed E-state index contributed by atoms with van der Waals surface area (Å²) in [6, 6.07) is 11.7. The second-order valence-electron chi connectivity index (χ2n) is 4.90. The average Bonchev–Trinajstić information content (AvgIpc) is 2.95. The van der Waals surface area contributed by atoms with Crippen molar-refractivity contribution in [2.75, 3.05) is 12.5 Å². The van der Waals surface area contributed by atoms with Crippen LogP contribution in [0.4, 0.5) is 5.69 Å². The van der Waals surface area contributed by atoms with Gasteiger partial charge in [0.15, 0.2) is 11.5 Å². The van der Waals surface area contributed by atoms with Gasteiger partial charge in [-0.25, -0.2) is 0 Å². The zero-order valence-corrected chi connectivity index (χ0v) is 11.9. The van der Waals surface area contributed by atoms with E-state index in [4.69, 9.17) is 15.2 Å². The summed E-state index contributed by atoms with van der Waals surface area (Å²) >= 11 is 0. The normalized spacial score (nSPS) is 14.5. The molecule has 0 aromatic heterocycles. The molecule has 1 aliphatic rings. The molecule has 0 amide bonds. The van der Waals surface area contributed by atoms with Crippen molar-refractivity contribution in [3.63, 3.8) is 0 Å². The van der Waals surface area contributed by atoms with Crippen molar-refractivity contribution in [2.24, 2.45) is 0 Å². The van der Waals surface area contributed by atoms with Gasteiger partial charge in [0.1, 0.15) is 0 Å². The van der Waals surface area contributed by atoms with Crippen molar-refractivity contribution in [1.82, 2.24) is 0 Å². The first-order valence-corrected chi connectivity index (χ1v) is 6.80. The molecule has 0 radical (unpaired) electrons. The number of fused-ring (bicyclic) bond motifs is 1. The smallest absolute Gasteiger partial charge is 0.231 e. The zero-order chi connectivity index (χ0) is 14.8. The molecule has 2 aromatic rings. The highest BCUT2D eigenvalue weighted by atomic mass is 16.7. The number of rotatable bonds is 2. The summed E-state index contributed by atoms with van der Waals surface area (Å²) in [4.78, 5) is 0. The number of benzene rings is 2. The summed E-state index contributed by atoms with van der Waals surface area (Å²) in [6.07, 6.45) is 4.06. The van der Waals surface area contributed by atoms with Crippen molar-refractivity contribution in [1.29, 1.82) is 0 Å². The maximum Gasteiger partial charge on any atom is 0.231 e. The van der Waals surface area contributed by atoms with Gasteiger partial charge in [0.05, 0.1) is 0 Å². The van der Waals surface area contributed by atoms with Gasteiger partial charge in [0.2, 0.25) is 6.79 Å². The lowest BCUT2D eigenvalue weighted by atomic mass is 10.0. The molecule has 0 fully saturated rings. The number of nitrogen functional groups attached to an aromatic ring is 1. The van der Waals surface area contributed by atoms with Crippen LogP contribution in [0.15, 0.2) is 48.6 Å². The van der Waals surface area contributed by atoms with E-state index in [-0.39, 0.29) is 6.79 Å². The van der Waals surface area contributed by atoms with E-state index in [1.807, 2.05) is 49.4 Å². The first kappa shape index (κ1) is 13.3. The van der Waals surface area contributed by atoms with E-state index >= 15 is 0 Å². The van der Waals surface area contributed by atoms with E-state index in [9.17, 15) is 0 Å². The van der Waals surface area contributed by atoms with E-state index in [2.05, 4.69) is 12.7 Å². The summed E-state index contributed by atoms with van der Waals surface area (Å²) in [5, 5.41) is 1.96. The number of nitrogens with two attached hydrogens (primary N) is 1. The lowest BCUT2D eigenvalue weighted by Gasteiger charge is -2.06. The van der Waals surface area contributed by atoms with Crippen LogP contribution in [0.2, 0.25) is 0 Å². The Bertz CT molecular complexity index is 822. The number of hydrogen-bond acceptors (Lipinski definition) is 3. The van der Waals surface area contributed by atoms with Crippen LogP contribution in [0.3, 0.4) is 0 Å². The molecule has 2 aromatic carbocycles. The molecule has 0 saturated heterocycles. The van der Waals surface area contributed by atoms with E-state index in [1.165, 1.54) is 0 Å². The maximum atomic E-state index is 5.92. The van der Waals surface area contributed by atoms with Crippen molar-refractivity contribution < 1.29 is 9.47 Å². The molecule has 3 nitrogen and oxygen atoms in total. The minimum Gasteiger partial charge on any atom is -0.454 e. The third kappa shape index (κ3) is 2.50. The Kier molecular flexibility index (Phi) is 3.40. The second-order valence-corrected chi connectivity index (χ2v) is 4.90. The topological polar surface area (TPSA) is 44.5 Å². The van der Waals surface area contributed by atoms with Gasteiger partial charge in [-0.3, -0.25) is 0 Å². The third-order valence-electron chi connectivity index (χ3n) is 3.44. The minimum absolute atomic E-state index is 0.274. The molecule has 2 N–H and O–H groups in total. The molecule has 0 unspecified atom stereocenters. The first-order valence-electron chi connectivity index (χ1n) is 6.80. The molecule has 1 heterocycles. The second kappa shape index (κ2) is 5.37. The highest BCUT2D eigenvalue weighted by Gasteiger charge is 2.14. The Hall–Kier alpha value is -2.68. The van der Waals surface area contributed by atoms with Crippen LogP contribution < -0.4 is 25.6 Å². The van der Waals surface area contributed by atoms with Crippen LogP contribution in [0.5, 0.6) is 11.5 Å². The molecular weight excluding hydrogens is 262 g/mol. The molecular formula is C18H17NO2. The quantitative estimate of drug-likeness (QED) is 0.857. The van der Waals surface area contributed by atoms with Gasteiger partial charge in [0.25, 0.3) is 0 Å². The SMILES string of the molecule is C=c1ccc(N)c/c1=C(/C=C\C)c1ccc2c(c1)OCO2. The van der Waals surface area contributed by atoms with Crippen molar-refractivity contribution >= 4 is 17.8 Å². The number of ether oxygens (including phenoxy) is 2. The number of allylic oxidation sites excluding steroid dienone is 2. The molecule has 106 valence electrons.